The molecule has 0 fully saturated rings. The molecule has 0 aromatic heterocycles. The molecule has 0 radical (unpaired) electrons. The van der Waals surface area contributed by atoms with Gasteiger partial charge in [0.1, 0.15) is 0 Å². The van der Waals surface area contributed by atoms with Gasteiger partial charge in [0.15, 0.2) is 0 Å². The molecule has 18 heavy (non-hydrogen) atoms. The van der Waals surface area contributed by atoms with Crippen LogP contribution in [-0.2, 0) is 0 Å². The van der Waals surface area contributed by atoms with Crippen LogP contribution in [0.1, 0.15) is 23.6 Å². The summed E-state index contributed by atoms with van der Waals surface area (Å²) in [5.74, 6) is 0. The summed E-state index contributed by atoms with van der Waals surface area (Å²) in [7, 11) is 0. The van der Waals surface area contributed by atoms with Crippen molar-refractivity contribution < 1.29 is 0 Å². The first-order valence-electron chi connectivity index (χ1n) is 6.22. The Labute approximate surface area is 109 Å². The molecule has 2 rings (SSSR count). The molecular weight excluding hydrogens is 216 g/mol. The second-order valence-corrected chi connectivity index (χ2v) is 4.54. The quantitative estimate of drug-likeness (QED) is 0.647. The second-order valence-electron chi connectivity index (χ2n) is 4.54. The zero-order chi connectivity index (χ0) is 12.8. The normalized spacial score (nSPS) is 12.0. The fourth-order valence-corrected chi connectivity index (χ4v) is 1.77. The molecule has 0 N–H and O–H groups in total. The van der Waals surface area contributed by atoms with Gasteiger partial charge in [-0.15, -0.1) is 0 Å². The number of hydrogen-bond donors (Lipinski definition) is 0. The zero-order valence-corrected chi connectivity index (χ0v) is 10.9. The number of hydrogen-bond acceptors (Lipinski definition) is 0. The third-order valence-electron chi connectivity index (χ3n) is 2.81. The van der Waals surface area contributed by atoms with E-state index in [1.54, 1.807) is 0 Å². The van der Waals surface area contributed by atoms with Crippen LogP contribution in [0.25, 0.3) is 12.2 Å². The van der Waals surface area contributed by atoms with E-state index in [4.69, 9.17) is 0 Å². The molecule has 2 aromatic carbocycles. The van der Waals surface area contributed by atoms with Gasteiger partial charge in [-0.2, -0.15) is 0 Å². The molecule has 0 saturated heterocycles. The van der Waals surface area contributed by atoms with Crippen molar-refractivity contribution in [1.82, 2.24) is 0 Å². The van der Waals surface area contributed by atoms with Gasteiger partial charge in [-0.3, -0.25) is 0 Å². The van der Waals surface area contributed by atoms with Gasteiger partial charge in [0, 0.05) is 0 Å². The predicted molar refractivity (Wildman–Crippen MR) is 80.3 cm³/mol. The van der Waals surface area contributed by atoms with Crippen LogP contribution < -0.4 is 0 Å². The summed E-state index contributed by atoms with van der Waals surface area (Å²) >= 11 is 0. The Hall–Kier alpha value is -2.08. The van der Waals surface area contributed by atoms with E-state index in [0.717, 1.165) is 0 Å². The highest BCUT2D eigenvalue weighted by Crippen LogP contribution is 2.10. The van der Waals surface area contributed by atoms with Crippen LogP contribution in [0.4, 0.5) is 0 Å². The molecule has 0 unspecified atom stereocenters. The summed E-state index contributed by atoms with van der Waals surface area (Å²) in [4.78, 5) is 0. The van der Waals surface area contributed by atoms with Crippen LogP contribution in [0.15, 0.2) is 66.2 Å². The molecule has 0 bridgehead atoms. The molecule has 0 saturated carbocycles. The minimum atomic E-state index is 1.23. The van der Waals surface area contributed by atoms with Crippen molar-refractivity contribution >= 4 is 12.2 Å². The van der Waals surface area contributed by atoms with Gasteiger partial charge in [-0.05, 0) is 25.0 Å². The monoisotopic (exact) mass is 234 g/mol. The van der Waals surface area contributed by atoms with Crippen LogP contribution in [-0.4, -0.2) is 0 Å². The highest BCUT2D eigenvalue weighted by molar-refractivity contribution is 5.60. The Morgan fingerprint density at radius 3 is 2.17 bits per heavy atom. The largest absolute Gasteiger partial charge is 0.0622 e. The van der Waals surface area contributed by atoms with Crippen LogP contribution in [0.3, 0.4) is 0 Å². The van der Waals surface area contributed by atoms with E-state index < -0.39 is 0 Å². The van der Waals surface area contributed by atoms with Crippen LogP contribution >= 0.6 is 0 Å². The van der Waals surface area contributed by atoms with Crippen LogP contribution in [0, 0.1) is 6.92 Å². The molecule has 0 amide bonds. The van der Waals surface area contributed by atoms with E-state index in [1.165, 1.54) is 22.3 Å². The lowest BCUT2D eigenvalue weighted by Crippen LogP contribution is -1.76. The van der Waals surface area contributed by atoms with Gasteiger partial charge in [0.05, 0.1) is 0 Å². The SMILES string of the molecule is CC(C=Cc1ccccc1)=Cc1ccc(C)cc1. The average Bonchev–Trinajstić information content (AvgIpc) is 2.40. The molecule has 0 aliphatic heterocycles. The maximum atomic E-state index is 2.19. The van der Waals surface area contributed by atoms with Crippen LogP contribution in [0.5, 0.6) is 0 Å². The average molecular weight is 234 g/mol. The van der Waals surface area contributed by atoms with Gasteiger partial charge in [0.25, 0.3) is 0 Å². The lowest BCUT2D eigenvalue weighted by Gasteiger charge is -1.97. The Morgan fingerprint density at radius 2 is 1.50 bits per heavy atom. The van der Waals surface area contributed by atoms with Crippen molar-refractivity contribution in [2.75, 3.05) is 0 Å². The van der Waals surface area contributed by atoms with Gasteiger partial charge in [-0.1, -0.05) is 84.0 Å². The van der Waals surface area contributed by atoms with Crippen molar-refractivity contribution in [2.45, 2.75) is 13.8 Å². The number of benzene rings is 2. The van der Waals surface area contributed by atoms with E-state index in [0.29, 0.717) is 0 Å². The lowest BCUT2D eigenvalue weighted by molar-refractivity contribution is 1.45. The van der Waals surface area contributed by atoms with Crippen molar-refractivity contribution in [2.24, 2.45) is 0 Å². The molecular formula is C18H18. The van der Waals surface area contributed by atoms with E-state index in [9.17, 15) is 0 Å². The van der Waals surface area contributed by atoms with Gasteiger partial charge in [0.2, 0.25) is 0 Å². The fraction of sp³-hybridized carbons (Fsp3) is 0.111. The summed E-state index contributed by atoms with van der Waals surface area (Å²) < 4.78 is 0. The molecule has 0 heteroatoms. The molecule has 0 nitrogen and oxygen atoms in total. The third-order valence-corrected chi connectivity index (χ3v) is 2.81. The maximum Gasteiger partial charge on any atom is -0.0254 e. The van der Waals surface area contributed by atoms with Crippen LogP contribution in [0.2, 0.25) is 0 Å². The first-order chi connectivity index (χ1) is 8.74. The Bertz CT molecular complexity index is 542. The molecule has 0 spiro atoms. The second kappa shape index (κ2) is 6.02. The van der Waals surface area contributed by atoms with E-state index in [1.807, 2.05) is 6.07 Å². The fourth-order valence-electron chi connectivity index (χ4n) is 1.77. The number of rotatable bonds is 3. The molecule has 0 aliphatic rings. The molecule has 0 atom stereocenters. The smallest absolute Gasteiger partial charge is 0.0254 e. The minimum Gasteiger partial charge on any atom is -0.0622 e. The zero-order valence-electron chi connectivity index (χ0n) is 10.9. The molecule has 0 heterocycles. The van der Waals surface area contributed by atoms with Crippen molar-refractivity contribution in [1.29, 1.82) is 0 Å². The van der Waals surface area contributed by atoms with Crippen molar-refractivity contribution in [3.05, 3.63) is 82.9 Å². The first-order valence-corrected chi connectivity index (χ1v) is 6.22. The van der Waals surface area contributed by atoms with Gasteiger partial charge >= 0.3 is 0 Å². The van der Waals surface area contributed by atoms with E-state index in [-0.39, 0.29) is 0 Å². The molecule has 0 aliphatic carbocycles. The first kappa shape index (κ1) is 12.4. The predicted octanol–water partition coefficient (Wildman–Crippen LogP) is 5.11. The lowest BCUT2D eigenvalue weighted by atomic mass is 10.1. The maximum absolute atomic E-state index is 2.19. The Kier molecular flexibility index (Phi) is 4.14. The van der Waals surface area contributed by atoms with E-state index >= 15 is 0 Å². The van der Waals surface area contributed by atoms with Gasteiger partial charge in [-0.25, -0.2) is 0 Å². The topological polar surface area (TPSA) is 0 Å². The standard InChI is InChI=1S/C18H18/c1-15-8-12-18(13-9-15)14-16(2)10-11-17-6-4-3-5-7-17/h3-14H,1-2H3. The summed E-state index contributed by atoms with van der Waals surface area (Å²) in [6.07, 6.45) is 6.48. The van der Waals surface area contributed by atoms with Crippen molar-refractivity contribution in [3.8, 4) is 0 Å². The number of aryl methyl sites for hydroxylation is 1. The summed E-state index contributed by atoms with van der Waals surface area (Å²) in [5, 5.41) is 0. The van der Waals surface area contributed by atoms with Gasteiger partial charge < -0.3 is 0 Å². The Balaban J connectivity index is 2.10. The van der Waals surface area contributed by atoms with Crippen molar-refractivity contribution in [3.63, 3.8) is 0 Å². The molecule has 90 valence electrons. The minimum absolute atomic E-state index is 1.23. The molecule has 2 aromatic rings. The summed E-state index contributed by atoms with van der Waals surface area (Å²) in [6, 6.07) is 18.9. The highest BCUT2D eigenvalue weighted by atomic mass is 13.9. The summed E-state index contributed by atoms with van der Waals surface area (Å²) in [6.45, 7) is 4.23. The highest BCUT2D eigenvalue weighted by Gasteiger charge is 1.89. The summed E-state index contributed by atoms with van der Waals surface area (Å²) in [5.41, 5.74) is 5.03. The third kappa shape index (κ3) is 3.74. The number of allylic oxidation sites excluding steroid dienone is 2. The van der Waals surface area contributed by atoms with E-state index in [2.05, 4.69) is 80.6 Å². The Morgan fingerprint density at radius 1 is 0.833 bits per heavy atom.